The van der Waals surface area contributed by atoms with Crippen molar-refractivity contribution < 1.29 is 0 Å². The Bertz CT molecular complexity index is 156. The summed E-state index contributed by atoms with van der Waals surface area (Å²) in [6.45, 7) is 2.20. The summed E-state index contributed by atoms with van der Waals surface area (Å²) >= 11 is 0. The van der Waals surface area contributed by atoms with E-state index in [1.165, 1.54) is 18.4 Å². The fraction of sp³-hybridized carbons (Fsp3) is 0.500. The Kier molecular flexibility index (Phi) is 3.00. The zero-order valence-corrected chi connectivity index (χ0v) is 6.30. The van der Waals surface area contributed by atoms with Crippen LogP contribution in [0.1, 0.15) is 31.7 Å². The van der Waals surface area contributed by atoms with E-state index >= 15 is 0 Å². The predicted molar refractivity (Wildman–Crippen MR) is 41.5 cm³/mol. The molecule has 0 aliphatic heterocycles. The second-order valence-electron chi connectivity index (χ2n) is 2.38. The third kappa shape index (κ3) is 2.21. The molecular weight excluding hydrogens is 124 g/mol. The average Bonchev–Trinajstić information content (AvgIpc) is 2.41. The van der Waals surface area contributed by atoms with E-state index in [1.807, 2.05) is 12.4 Å². The van der Waals surface area contributed by atoms with Crippen LogP contribution in [0.3, 0.4) is 0 Å². The molecule has 0 aromatic carbocycles. The summed E-state index contributed by atoms with van der Waals surface area (Å²) in [4.78, 5) is 0. The van der Waals surface area contributed by atoms with E-state index in [2.05, 4.69) is 23.5 Å². The van der Waals surface area contributed by atoms with Crippen molar-refractivity contribution in [1.29, 1.82) is 0 Å². The van der Waals surface area contributed by atoms with E-state index in [-0.39, 0.29) is 0 Å². The lowest BCUT2D eigenvalue weighted by Crippen LogP contribution is -1.77. The molecule has 0 unspecified atom stereocenters. The van der Waals surface area contributed by atoms with Gasteiger partial charge in [0, 0.05) is 6.20 Å². The second kappa shape index (κ2) is 4.09. The lowest BCUT2D eigenvalue weighted by Gasteiger charge is -1.92. The molecule has 0 saturated heterocycles. The van der Waals surface area contributed by atoms with Crippen molar-refractivity contribution in [3.8, 4) is 0 Å². The smallest absolute Gasteiger partial charge is 0.0522 e. The van der Waals surface area contributed by atoms with Gasteiger partial charge in [-0.15, -0.1) is 0 Å². The first kappa shape index (κ1) is 7.32. The van der Waals surface area contributed by atoms with Gasteiger partial charge in [-0.05, 0) is 18.4 Å². The molecule has 0 bridgehead atoms. The molecular formula is C8H13N2. The number of unbranched alkanes of at least 4 members (excludes halogenated alkanes) is 2. The molecule has 2 nitrogen and oxygen atoms in total. The van der Waals surface area contributed by atoms with Crippen molar-refractivity contribution in [3.05, 3.63) is 24.4 Å². The van der Waals surface area contributed by atoms with Crippen molar-refractivity contribution in [2.75, 3.05) is 0 Å². The zero-order valence-electron chi connectivity index (χ0n) is 6.30. The van der Waals surface area contributed by atoms with Crippen LogP contribution in [0.2, 0.25) is 0 Å². The molecule has 2 heteroatoms. The number of aromatic nitrogens is 2. The Morgan fingerprint density at radius 2 is 2.60 bits per heavy atom. The molecule has 1 rings (SSSR count). The summed E-state index contributed by atoms with van der Waals surface area (Å²) in [7, 11) is 0. The first-order chi connectivity index (χ1) is 4.93. The van der Waals surface area contributed by atoms with Gasteiger partial charge >= 0.3 is 0 Å². The van der Waals surface area contributed by atoms with E-state index in [1.54, 1.807) is 0 Å². The van der Waals surface area contributed by atoms with Crippen LogP contribution >= 0.6 is 0 Å². The number of nitrogens with one attached hydrogen (secondary N) is 1. The van der Waals surface area contributed by atoms with Crippen molar-refractivity contribution in [3.63, 3.8) is 0 Å². The van der Waals surface area contributed by atoms with E-state index in [4.69, 9.17) is 0 Å². The molecule has 1 aromatic heterocycles. The van der Waals surface area contributed by atoms with E-state index in [9.17, 15) is 0 Å². The number of nitrogens with zero attached hydrogens (tertiary/aromatic N) is 1. The summed E-state index contributed by atoms with van der Waals surface area (Å²) in [6, 6.07) is 0. The average molecular weight is 137 g/mol. The summed E-state index contributed by atoms with van der Waals surface area (Å²) in [5.74, 6) is 0. The molecule has 0 aliphatic rings. The fourth-order valence-corrected chi connectivity index (χ4v) is 0.845. The standard InChI is InChI=1S/C8H13N2/c1-2-3-4-5-8-6-9-10-7-8/h5-7H,2-4H2,1H3,(H,9,10). The number of aromatic amines is 1. The molecule has 0 spiro atoms. The van der Waals surface area contributed by atoms with Crippen molar-refractivity contribution in [2.45, 2.75) is 26.2 Å². The normalized spacial score (nSPS) is 10.1. The van der Waals surface area contributed by atoms with Crippen molar-refractivity contribution in [2.24, 2.45) is 0 Å². The first-order valence-electron chi connectivity index (χ1n) is 3.75. The van der Waals surface area contributed by atoms with E-state index in [0.29, 0.717) is 0 Å². The molecule has 0 aliphatic carbocycles. The fourth-order valence-electron chi connectivity index (χ4n) is 0.845. The molecule has 10 heavy (non-hydrogen) atoms. The van der Waals surface area contributed by atoms with Gasteiger partial charge in [0.05, 0.1) is 6.20 Å². The minimum atomic E-state index is 1.16. The highest BCUT2D eigenvalue weighted by Crippen LogP contribution is 2.05. The summed E-state index contributed by atoms with van der Waals surface area (Å²) < 4.78 is 0. The van der Waals surface area contributed by atoms with E-state index in [0.717, 1.165) is 6.42 Å². The minimum Gasteiger partial charge on any atom is -0.285 e. The van der Waals surface area contributed by atoms with Gasteiger partial charge in [0.15, 0.2) is 0 Å². The van der Waals surface area contributed by atoms with Crippen LogP contribution in [-0.4, -0.2) is 10.2 Å². The van der Waals surface area contributed by atoms with Crippen LogP contribution < -0.4 is 0 Å². The molecule has 55 valence electrons. The van der Waals surface area contributed by atoms with Gasteiger partial charge in [0.1, 0.15) is 0 Å². The minimum absolute atomic E-state index is 1.16. The monoisotopic (exact) mass is 137 g/mol. The van der Waals surface area contributed by atoms with Crippen molar-refractivity contribution >= 4 is 0 Å². The van der Waals surface area contributed by atoms with Gasteiger partial charge in [-0.25, -0.2) is 0 Å². The molecule has 0 amide bonds. The van der Waals surface area contributed by atoms with Crippen LogP contribution in [0.4, 0.5) is 0 Å². The third-order valence-corrected chi connectivity index (χ3v) is 1.46. The quantitative estimate of drug-likeness (QED) is 0.633. The van der Waals surface area contributed by atoms with Crippen molar-refractivity contribution in [1.82, 2.24) is 10.2 Å². The molecule has 1 radical (unpaired) electrons. The Morgan fingerprint density at radius 1 is 1.70 bits per heavy atom. The molecule has 1 aromatic rings. The van der Waals surface area contributed by atoms with Gasteiger partial charge < -0.3 is 0 Å². The SMILES string of the molecule is CCCC[CH]c1cn[nH]c1. The summed E-state index contributed by atoms with van der Waals surface area (Å²) in [5.41, 5.74) is 1.20. The lowest BCUT2D eigenvalue weighted by molar-refractivity contribution is 0.791. The van der Waals surface area contributed by atoms with Crippen LogP contribution in [0.5, 0.6) is 0 Å². The van der Waals surface area contributed by atoms with Gasteiger partial charge in [-0.1, -0.05) is 19.8 Å². The zero-order chi connectivity index (χ0) is 7.23. The second-order valence-corrected chi connectivity index (χ2v) is 2.38. The van der Waals surface area contributed by atoms with Gasteiger partial charge in [0.25, 0.3) is 0 Å². The predicted octanol–water partition coefficient (Wildman–Crippen LogP) is 2.15. The summed E-state index contributed by atoms with van der Waals surface area (Å²) in [6.07, 6.45) is 9.65. The molecule has 0 saturated carbocycles. The Hall–Kier alpha value is -0.790. The van der Waals surface area contributed by atoms with Crippen LogP contribution in [0.15, 0.2) is 12.4 Å². The topological polar surface area (TPSA) is 28.7 Å². The number of hydrogen-bond acceptors (Lipinski definition) is 1. The Morgan fingerprint density at radius 3 is 3.20 bits per heavy atom. The number of H-pyrrole nitrogens is 1. The van der Waals surface area contributed by atoms with Crippen LogP contribution in [0.25, 0.3) is 0 Å². The maximum atomic E-state index is 3.84. The highest BCUT2D eigenvalue weighted by Gasteiger charge is 1.91. The van der Waals surface area contributed by atoms with Crippen LogP contribution in [0, 0.1) is 6.42 Å². The highest BCUT2D eigenvalue weighted by molar-refractivity contribution is 5.13. The lowest BCUT2D eigenvalue weighted by atomic mass is 10.1. The Labute approximate surface area is 61.7 Å². The first-order valence-corrected chi connectivity index (χ1v) is 3.75. The third-order valence-electron chi connectivity index (χ3n) is 1.46. The molecule has 1 heterocycles. The highest BCUT2D eigenvalue weighted by atomic mass is 15.1. The number of hydrogen-bond donors (Lipinski definition) is 1. The maximum absolute atomic E-state index is 3.84. The molecule has 0 atom stereocenters. The van der Waals surface area contributed by atoms with Gasteiger partial charge in [-0.3, -0.25) is 5.10 Å². The molecule has 0 fully saturated rings. The van der Waals surface area contributed by atoms with Gasteiger partial charge in [-0.2, -0.15) is 5.10 Å². The van der Waals surface area contributed by atoms with E-state index < -0.39 is 0 Å². The van der Waals surface area contributed by atoms with Gasteiger partial charge in [0.2, 0.25) is 0 Å². The summed E-state index contributed by atoms with van der Waals surface area (Å²) in [5, 5.41) is 6.62. The molecule has 1 N–H and O–H groups in total. The van der Waals surface area contributed by atoms with Crippen LogP contribution in [-0.2, 0) is 0 Å². The largest absolute Gasteiger partial charge is 0.285 e. The Balaban J connectivity index is 2.15. The number of rotatable bonds is 4. The maximum Gasteiger partial charge on any atom is 0.0522 e.